The lowest BCUT2D eigenvalue weighted by Crippen LogP contribution is -2.41. The van der Waals surface area contributed by atoms with Crippen LogP contribution in [0, 0.1) is 5.92 Å². The molecule has 2 aliphatic rings. The van der Waals surface area contributed by atoms with E-state index in [-0.39, 0.29) is 13.0 Å². The molecule has 1 atom stereocenters. The molecule has 2 heterocycles. The van der Waals surface area contributed by atoms with Crippen LogP contribution in [0.2, 0.25) is 0 Å². The molecule has 3 nitrogen and oxygen atoms in total. The van der Waals surface area contributed by atoms with Crippen molar-refractivity contribution in [1.82, 2.24) is 14.7 Å². The fourth-order valence-corrected chi connectivity index (χ4v) is 4.10. The van der Waals surface area contributed by atoms with Gasteiger partial charge in [0.05, 0.1) is 17.3 Å². The first kappa shape index (κ1) is 16.6. The number of piperidine rings is 1. The van der Waals surface area contributed by atoms with Crippen LogP contribution in [-0.2, 0) is 19.4 Å². The van der Waals surface area contributed by atoms with Crippen LogP contribution in [0.3, 0.4) is 0 Å². The van der Waals surface area contributed by atoms with E-state index in [4.69, 9.17) is 5.10 Å². The Hall–Kier alpha value is -1.82. The summed E-state index contributed by atoms with van der Waals surface area (Å²) in [4.78, 5) is 1.93. The Balaban J connectivity index is 1.57. The molecule has 1 saturated heterocycles. The smallest absolute Gasteiger partial charge is 0.297 e. The molecule has 0 spiro atoms. The largest absolute Gasteiger partial charge is 0.393 e. The molecule has 1 aliphatic carbocycles. The van der Waals surface area contributed by atoms with Crippen molar-refractivity contribution in [1.29, 1.82) is 0 Å². The summed E-state index contributed by atoms with van der Waals surface area (Å²) in [5.41, 5.74) is 4.46. The van der Waals surface area contributed by atoms with Gasteiger partial charge in [-0.3, -0.25) is 4.90 Å². The first-order chi connectivity index (χ1) is 12.0. The first-order valence-corrected chi connectivity index (χ1v) is 8.96. The highest BCUT2D eigenvalue weighted by molar-refractivity contribution is 5.39. The summed E-state index contributed by atoms with van der Waals surface area (Å²) in [6.07, 6.45) is -0.180. The Labute approximate surface area is 145 Å². The van der Waals surface area contributed by atoms with Crippen LogP contribution in [0.5, 0.6) is 0 Å². The third kappa shape index (κ3) is 3.32. The number of halogens is 3. The zero-order chi connectivity index (χ0) is 17.4. The maximum atomic E-state index is 13.1. The lowest BCUT2D eigenvalue weighted by molar-refractivity contribution is -0.187. The molecule has 4 rings (SSSR count). The minimum atomic E-state index is -4.09. The summed E-state index contributed by atoms with van der Waals surface area (Å²) in [6.45, 7) is 1.34. The molecule has 0 bridgehead atoms. The van der Waals surface area contributed by atoms with E-state index in [1.165, 1.54) is 11.3 Å². The Morgan fingerprint density at radius 3 is 2.64 bits per heavy atom. The zero-order valence-corrected chi connectivity index (χ0v) is 14.1. The van der Waals surface area contributed by atoms with Crippen LogP contribution in [0.4, 0.5) is 13.2 Å². The predicted octanol–water partition coefficient (Wildman–Crippen LogP) is 4.14. The fourth-order valence-electron chi connectivity index (χ4n) is 4.10. The molecule has 1 aromatic heterocycles. The standard InChI is InChI=1S/C19H22F3N3/c20-19(21,22)14-6-5-11-24(12-14)13-17-16-9-4-10-18(16)25(23-17)15-7-2-1-3-8-15/h1-3,7-8,14H,4-6,9-13H2/t14-/m0/s1. The number of alkyl halides is 3. The van der Waals surface area contributed by atoms with E-state index < -0.39 is 12.1 Å². The molecule has 25 heavy (non-hydrogen) atoms. The van der Waals surface area contributed by atoms with E-state index in [2.05, 4.69) is 0 Å². The molecule has 0 N–H and O–H groups in total. The van der Waals surface area contributed by atoms with Gasteiger partial charge in [-0.2, -0.15) is 18.3 Å². The van der Waals surface area contributed by atoms with Crippen LogP contribution in [-0.4, -0.2) is 33.9 Å². The highest BCUT2D eigenvalue weighted by atomic mass is 19.4. The van der Waals surface area contributed by atoms with Crippen molar-refractivity contribution >= 4 is 0 Å². The number of hydrogen-bond acceptors (Lipinski definition) is 2. The molecule has 134 valence electrons. The second-order valence-corrected chi connectivity index (χ2v) is 7.09. The van der Waals surface area contributed by atoms with Crippen molar-refractivity contribution in [2.45, 2.75) is 44.8 Å². The number of fused-ring (bicyclic) bond motifs is 1. The minimum Gasteiger partial charge on any atom is -0.297 e. The van der Waals surface area contributed by atoms with Crippen molar-refractivity contribution in [2.75, 3.05) is 13.1 Å². The molecule has 0 amide bonds. The van der Waals surface area contributed by atoms with Gasteiger partial charge in [-0.15, -0.1) is 0 Å². The molecular formula is C19H22F3N3. The lowest BCUT2D eigenvalue weighted by Gasteiger charge is -2.33. The van der Waals surface area contributed by atoms with Gasteiger partial charge in [0.1, 0.15) is 0 Å². The van der Waals surface area contributed by atoms with E-state index in [0.29, 0.717) is 13.0 Å². The van der Waals surface area contributed by atoms with Gasteiger partial charge in [0.25, 0.3) is 0 Å². The van der Waals surface area contributed by atoms with Gasteiger partial charge in [0, 0.05) is 18.8 Å². The number of para-hydroxylation sites is 1. The maximum absolute atomic E-state index is 13.1. The topological polar surface area (TPSA) is 21.1 Å². The van der Waals surface area contributed by atoms with Crippen LogP contribution in [0.1, 0.15) is 36.2 Å². The molecule has 1 aliphatic heterocycles. The number of hydrogen-bond donors (Lipinski definition) is 0. The summed E-state index contributed by atoms with van der Waals surface area (Å²) in [5.74, 6) is -1.20. The molecule has 2 aromatic rings. The third-order valence-electron chi connectivity index (χ3n) is 5.36. The van der Waals surface area contributed by atoms with Crippen molar-refractivity contribution in [3.05, 3.63) is 47.3 Å². The molecule has 0 radical (unpaired) electrons. The van der Waals surface area contributed by atoms with E-state index in [1.807, 2.05) is 39.9 Å². The second-order valence-electron chi connectivity index (χ2n) is 7.09. The van der Waals surface area contributed by atoms with Crippen LogP contribution < -0.4 is 0 Å². The summed E-state index contributed by atoms with van der Waals surface area (Å²) in [7, 11) is 0. The van der Waals surface area contributed by atoms with E-state index >= 15 is 0 Å². The van der Waals surface area contributed by atoms with Crippen molar-refractivity contribution in [3.8, 4) is 5.69 Å². The van der Waals surface area contributed by atoms with Gasteiger partial charge in [-0.1, -0.05) is 18.2 Å². The zero-order valence-electron chi connectivity index (χ0n) is 14.1. The molecular weight excluding hydrogens is 327 g/mol. The summed E-state index contributed by atoms with van der Waals surface area (Å²) >= 11 is 0. The van der Waals surface area contributed by atoms with Crippen LogP contribution in [0.15, 0.2) is 30.3 Å². The van der Waals surface area contributed by atoms with E-state index in [0.717, 1.165) is 37.2 Å². The van der Waals surface area contributed by atoms with Crippen molar-refractivity contribution in [3.63, 3.8) is 0 Å². The minimum absolute atomic E-state index is 0.0937. The quantitative estimate of drug-likeness (QED) is 0.831. The number of likely N-dealkylation sites (tertiary alicyclic amines) is 1. The predicted molar refractivity (Wildman–Crippen MR) is 89.6 cm³/mol. The van der Waals surface area contributed by atoms with E-state index in [1.54, 1.807) is 0 Å². The summed E-state index contributed by atoms with van der Waals surface area (Å²) in [6, 6.07) is 9.98. The van der Waals surface area contributed by atoms with Gasteiger partial charge in [-0.05, 0) is 56.3 Å². The Bertz CT molecular complexity index is 736. The van der Waals surface area contributed by atoms with E-state index in [9.17, 15) is 13.2 Å². The number of aromatic nitrogens is 2. The average molecular weight is 349 g/mol. The molecule has 1 aromatic carbocycles. The monoisotopic (exact) mass is 349 g/mol. The van der Waals surface area contributed by atoms with Gasteiger partial charge in [0.15, 0.2) is 0 Å². The first-order valence-electron chi connectivity index (χ1n) is 8.96. The average Bonchev–Trinajstić information content (AvgIpc) is 3.19. The normalized spacial score (nSPS) is 21.5. The Morgan fingerprint density at radius 2 is 1.88 bits per heavy atom. The second kappa shape index (κ2) is 6.48. The third-order valence-corrected chi connectivity index (χ3v) is 5.36. The Morgan fingerprint density at radius 1 is 1.08 bits per heavy atom. The molecule has 1 fully saturated rings. The summed E-state index contributed by atoms with van der Waals surface area (Å²) in [5, 5.41) is 4.78. The van der Waals surface area contributed by atoms with Crippen molar-refractivity contribution in [2.24, 2.45) is 5.92 Å². The highest BCUT2D eigenvalue weighted by Gasteiger charge is 2.42. The summed E-state index contributed by atoms with van der Waals surface area (Å²) < 4.78 is 41.1. The molecule has 0 unspecified atom stereocenters. The van der Waals surface area contributed by atoms with Gasteiger partial charge < -0.3 is 0 Å². The Kier molecular flexibility index (Phi) is 4.31. The molecule has 6 heteroatoms. The number of benzene rings is 1. The van der Waals surface area contributed by atoms with Crippen LogP contribution in [0.25, 0.3) is 5.69 Å². The van der Waals surface area contributed by atoms with Gasteiger partial charge in [-0.25, -0.2) is 4.68 Å². The van der Waals surface area contributed by atoms with Gasteiger partial charge in [0.2, 0.25) is 0 Å². The van der Waals surface area contributed by atoms with Crippen LogP contribution >= 0.6 is 0 Å². The number of rotatable bonds is 3. The van der Waals surface area contributed by atoms with Crippen molar-refractivity contribution < 1.29 is 13.2 Å². The fraction of sp³-hybridized carbons (Fsp3) is 0.526. The lowest BCUT2D eigenvalue weighted by atomic mass is 9.97. The van der Waals surface area contributed by atoms with Gasteiger partial charge >= 0.3 is 6.18 Å². The SMILES string of the molecule is FC(F)(F)[C@H]1CCCN(Cc2nn(-c3ccccc3)c3c2CCC3)C1. The number of nitrogens with zero attached hydrogens (tertiary/aromatic N) is 3. The highest BCUT2D eigenvalue weighted by Crippen LogP contribution is 2.34. The maximum Gasteiger partial charge on any atom is 0.393 e. The molecule has 0 saturated carbocycles.